The summed E-state index contributed by atoms with van der Waals surface area (Å²) in [7, 11) is 0. The lowest BCUT2D eigenvalue weighted by molar-refractivity contribution is -0.133. The van der Waals surface area contributed by atoms with E-state index in [1.165, 1.54) is 20.7 Å². The number of nitrogens with one attached hydrogen (secondary N) is 1. The minimum absolute atomic E-state index is 0.0433. The van der Waals surface area contributed by atoms with E-state index in [-0.39, 0.29) is 23.4 Å². The second kappa shape index (κ2) is 6.45. The first kappa shape index (κ1) is 17.7. The van der Waals surface area contributed by atoms with E-state index in [1.54, 1.807) is 17.3 Å². The predicted molar refractivity (Wildman–Crippen MR) is 101 cm³/mol. The van der Waals surface area contributed by atoms with Crippen molar-refractivity contribution in [3.05, 3.63) is 38.8 Å². The lowest BCUT2D eigenvalue weighted by Crippen LogP contribution is -2.40. The molecule has 27 heavy (non-hydrogen) atoms. The van der Waals surface area contributed by atoms with Gasteiger partial charge in [-0.25, -0.2) is 4.79 Å². The van der Waals surface area contributed by atoms with Crippen LogP contribution in [-0.4, -0.2) is 48.4 Å². The molecule has 1 aliphatic rings. The summed E-state index contributed by atoms with van der Waals surface area (Å²) in [5, 5.41) is 9.39. The molecule has 9 nitrogen and oxygen atoms in total. The fraction of sp³-hybridized carbons (Fsp3) is 0.471. The quantitative estimate of drug-likeness (QED) is 0.722. The molecule has 1 N–H and O–H groups in total. The molecule has 10 heteroatoms. The van der Waals surface area contributed by atoms with Crippen molar-refractivity contribution in [2.45, 2.75) is 33.2 Å². The second-order valence-electron chi connectivity index (χ2n) is 7.04. The Morgan fingerprint density at radius 2 is 2.00 bits per heavy atom. The molecule has 3 aromatic heterocycles. The Morgan fingerprint density at radius 1 is 1.30 bits per heavy atom. The third kappa shape index (κ3) is 2.80. The smallest absolute Gasteiger partial charge is 0.329 e. The van der Waals surface area contributed by atoms with Crippen LogP contribution < -0.4 is 11.2 Å². The summed E-state index contributed by atoms with van der Waals surface area (Å²) in [6, 6.07) is -0.320. The number of H-pyrrole nitrogens is 1. The van der Waals surface area contributed by atoms with Gasteiger partial charge in [-0.3, -0.25) is 19.1 Å². The fourth-order valence-electron chi connectivity index (χ4n) is 3.58. The average Bonchev–Trinajstić information content (AvgIpc) is 3.34. The highest BCUT2D eigenvalue weighted by Gasteiger charge is 2.31. The Labute approximate surface area is 158 Å². The number of carbonyl (C=O) groups excluding carboxylic acids is 1. The van der Waals surface area contributed by atoms with Crippen LogP contribution in [0.1, 0.15) is 31.9 Å². The number of thiophene rings is 1. The average molecular weight is 388 g/mol. The van der Waals surface area contributed by atoms with Gasteiger partial charge in [0.25, 0.3) is 5.56 Å². The molecule has 142 valence electrons. The fourth-order valence-corrected chi connectivity index (χ4v) is 4.68. The van der Waals surface area contributed by atoms with E-state index in [2.05, 4.69) is 15.2 Å². The number of hydrogen-bond acceptors (Lipinski definition) is 6. The van der Waals surface area contributed by atoms with Crippen LogP contribution in [0.15, 0.2) is 22.0 Å². The Balaban J connectivity index is 1.79. The number of aromatic nitrogens is 5. The number of amides is 1. The number of aryl methyl sites for hydroxylation is 1. The van der Waals surface area contributed by atoms with Crippen LogP contribution in [0.5, 0.6) is 0 Å². The topological polar surface area (TPSA) is 106 Å². The molecular formula is C17H20N6O3S. The van der Waals surface area contributed by atoms with E-state index >= 15 is 0 Å². The molecule has 4 heterocycles. The number of rotatable bonds is 3. The monoisotopic (exact) mass is 388 g/mol. The van der Waals surface area contributed by atoms with Crippen LogP contribution in [0.2, 0.25) is 0 Å². The zero-order valence-electron chi connectivity index (χ0n) is 15.3. The van der Waals surface area contributed by atoms with Crippen LogP contribution in [0.3, 0.4) is 0 Å². The highest BCUT2D eigenvalue weighted by molar-refractivity contribution is 7.21. The number of fused-ring (bicyclic) bond motifs is 1. The van der Waals surface area contributed by atoms with Crippen LogP contribution >= 0.6 is 11.3 Å². The van der Waals surface area contributed by atoms with Gasteiger partial charge in [-0.15, -0.1) is 4.80 Å². The highest BCUT2D eigenvalue weighted by atomic mass is 32.1. The van der Waals surface area contributed by atoms with E-state index in [1.807, 2.05) is 20.8 Å². The van der Waals surface area contributed by atoms with Gasteiger partial charge < -0.3 is 4.90 Å². The molecule has 0 saturated carbocycles. The predicted octanol–water partition coefficient (Wildman–Crippen LogP) is 1.07. The molecule has 0 spiro atoms. The normalized spacial score (nSPS) is 17.3. The molecule has 1 atom stereocenters. The zero-order chi connectivity index (χ0) is 19.3. The number of hydrogen-bond donors (Lipinski definition) is 1. The maximum Gasteiger partial charge on any atom is 0.329 e. The highest BCUT2D eigenvalue weighted by Crippen LogP contribution is 2.29. The summed E-state index contributed by atoms with van der Waals surface area (Å²) in [6.45, 7) is 6.45. The van der Waals surface area contributed by atoms with Crippen LogP contribution in [0.25, 0.3) is 15.2 Å². The van der Waals surface area contributed by atoms with Crippen molar-refractivity contribution in [1.29, 1.82) is 0 Å². The van der Waals surface area contributed by atoms with Gasteiger partial charge >= 0.3 is 5.69 Å². The third-order valence-corrected chi connectivity index (χ3v) is 6.10. The van der Waals surface area contributed by atoms with Crippen LogP contribution in [0, 0.1) is 12.8 Å². The van der Waals surface area contributed by atoms with Gasteiger partial charge in [0.05, 0.1) is 23.8 Å². The van der Waals surface area contributed by atoms with Crippen molar-refractivity contribution in [2.75, 3.05) is 13.1 Å². The zero-order valence-corrected chi connectivity index (χ0v) is 16.1. The number of nitrogens with zero attached hydrogens (tertiary/aromatic N) is 5. The second-order valence-corrected chi connectivity index (χ2v) is 8.04. The maximum absolute atomic E-state index is 13.1. The van der Waals surface area contributed by atoms with Gasteiger partial charge in [-0.1, -0.05) is 25.2 Å². The lowest BCUT2D eigenvalue weighted by atomic mass is 10.2. The number of carbonyl (C=O) groups is 1. The van der Waals surface area contributed by atoms with Crippen LogP contribution in [0.4, 0.5) is 0 Å². The van der Waals surface area contributed by atoms with E-state index in [4.69, 9.17) is 0 Å². The first-order valence-corrected chi connectivity index (χ1v) is 9.63. The molecule has 1 amide bonds. The molecule has 1 aliphatic heterocycles. The van der Waals surface area contributed by atoms with Gasteiger partial charge in [0.1, 0.15) is 9.83 Å². The molecule has 0 radical (unpaired) electrons. The summed E-state index contributed by atoms with van der Waals surface area (Å²) in [4.78, 5) is 44.5. The lowest BCUT2D eigenvalue weighted by Gasteiger charge is -2.19. The van der Waals surface area contributed by atoms with E-state index < -0.39 is 5.69 Å². The van der Waals surface area contributed by atoms with Crippen molar-refractivity contribution in [2.24, 2.45) is 5.92 Å². The molecule has 1 saturated heterocycles. The van der Waals surface area contributed by atoms with Crippen molar-refractivity contribution in [3.63, 3.8) is 0 Å². The molecule has 3 aromatic rings. The standard InChI is InChI=1S/C17H20N6O3S/c1-9(2)14(24)21-7-4-11(8-21)22-15(25)12-10(3)16(23-18-5-6-19-23)27-13(12)20-17(22)26/h5-6,9,11H,4,7-8H2,1-3H3,(H,20,26)/t11-/m0/s1. The molecule has 0 aromatic carbocycles. The largest absolute Gasteiger partial charge is 0.340 e. The summed E-state index contributed by atoms with van der Waals surface area (Å²) in [5.74, 6) is -0.0636. The van der Waals surface area contributed by atoms with E-state index in [0.29, 0.717) is 34.7 Å². The van der Waals surface area contributed by atoms with Crippen molar-refractivity contribution in [3.8, 4) is 5.00 Å². The van der Waals surface area contributed by atoms with Gasteiger partial charge in [0.15, 0.2) is 0 Å². The van der Waals surface area contributed by atoms with Gasteiger partial charge in [-0.05, 0) is 13.3 Å². The number of likely N-dealkylation sites (tertiary alicyclic amines) is 1. The summed E-state index contributed by atoms with van der Waals surface area (Å²) >= 11 is 1.28. The van der Waals surface area contributed by atoms with E-state index in [0.717, 1.165) is 5.56 Å². The SMILES string of the molecule is Cc1c(-n2nccn2)sc2[nH]c(=O)n([C@H]3CCN(C(=O)C(C)C)C3)c(=O)c12. The Hall–Kier alpha value is -2.75. The molecule has 0 aliphatic carbocycles. The first-order chi connectivity index (χ1) is 12.9. The van der Waals surface area contributed by atoms with Gasteiger partial charge in [0, 0.05) is 24.6 Å². The molecule has 0 unspecified atom stereocenters. The Bertz CT molecular complexity index is 1120. The van der Waals surface area contributed by atoms with Crippen molar-refractivity contribution >= 4 is 27.5 Å². The van der Waals surface area contributed by atoms with E-state index in [9.17, 15) is 14.4 Å². The van der Waals surface area contributed by atoms with Gasteiger partial charge in [0.2, 0.25) is 5.91 Å². The summed E-state index contributed by atoms with van der Waals surface area (Å²) in [5.41, 5.74) is -0.0448. The minimum atomic E-state index is -0.447. The van der Waals surface area contributed by atoms with Crippen molar-refractivity contribution < 1.29 is 4.79 Å². The first-order valence-electron chi connectivity index (χ1n) is 8.82. The maximum atomic E-state index is 13.1. The Morgan fingerprint density at radius 3 is 2.67 bits per heavy atom. The molecule has 1 fully saturated rings. The van der Waals surface area contributed by atoms with Gasteiger partial charge in [-0.2, -0.15) is 10.2 Å². The molecule has 0 bridgehead atoms. The molecular weight excluding hydrogens is 368 g/mol. The van der Waals surface area contributed by atoms with Crippen LogP contribution in [-0.2, 0) is 4.79 Å². The molecule has 4 rings (SSSR count). The van der Waals surface area contributed by atoms with Crippen molar-refractivity contribution in [1.82, 2.24) is 29.4 Å². The third-order valence-electron chi connectivity index (χ3n) is 4.93. The summed E-state index contributed by atoms with van der Waals surface area (Å²) in [6.07, 6.45) is 3.71. The Kier molecular flexibility index (Phi) is 4.22. The minimum Gasteiger partial charge on any atom is -0.340 e. The summed E-state index contributed by atoms with van der Waals surface area (Å²) < 4.78 is 1.26. The number of aromatic amines is 1.